The normalized spacial score (nSPS) is 24.2. The third-order valence-corrected chi connectivity index (χ3v) is 4.23. The van der Waals surface area contributed by atoms with Gasteiger partial charge in [0.1, 0.15) is 0 Å². The van der Waals surface area contributed by atoms with Gasteiger partial charge in [0.05, 0.1) is 0 Å². The summed E-state index contributed by atoms with van der Waals surface area (Å²) in [5, 5.41) is 7.17. The molecule has 0 aliphatic heterocycles. The minimum absolute atomic E-state index is 0.200. The summed E-state index contributed by atoms with van der Waals surface area (Å²) in [4.78, 5) is 0. The standard InChI is InChI=1S/C17H28N2/c1-17(2,3)15-7-5-6-8-16(15)19-14-11-9-13(18-4)10-12-14/h5-8,13-14,18-19H,9-12H2,1-4H3. The van der Waals surface area contributed by atoms with Crippen molar-refractivity contribution in [3.8, 4) is 0 Å². The lowest BCUT2D eigenvalue weighted by Gasteiger charge is -2.31. The zero-order valence-corrected chi connectivity index (χ0v) is 12.8. The molecular formula is C17H28N2. The Labute approximate surface area is 118 Å². The first kappa shape index (κ1) is 14.4. The van der Waals surface area contributed by atoms with E-state index in [0.717, 1.165) is 6.04 Å². The van der Waals surface area contributed by atoms with Crippen LogP contribution in [0, 0.1) is 0 Å². The number of para-hydroxylation sites is 1. The molecule has 0 bridgehead atoms. The van der Waals surface area contributed by atoms with Crippen molar-refractivity contribution in [2.45, 2.75) is 64.0 Å². The van der Waals surface area contributed by atoms with Crippen LogP contribution in [-0.2, 0) is 5.41 Å². The molecule has 0 radical (unpaired) electrons. The fraction of sp³-hybridized carbons (Fsp3) is 0.647. The molecular weight excluding hydrogens is 232 g/mol. The maximum absolute atomic E-state index is 3.77. The Morgan fingerprint density at radius 1 is 0.947 bits per heavy atom. The summed E-state index contributed by atoms with van der Waals surface area (Å²) < 4.78 is 0. The molecule has 2 heteroatoms. The van der Waals surface area contributed by atoms with E-state index in [1.807, 2.05) is 0 Å². The Morgan fingerprint density at radius 2 is 1.53 bits per heavy atom. The molecule has 2 N–H and O–H groups in total. The van der Waals surface area contributed by atoms with Gasteiger partial charge in [-0.3, -0.25) is 0 Å². The average Bonchev–Trinajstić information content (AvgIpc) is 2.39. The molecule has 1 aliphatic carbocycles. The van der Waals surface area contributed by atoms with Gasteiger partial charge in [-0.2, -0.15) is 0 Å². The van der Waals surface area contributed by atoms with Crippen molar-refractivity contribution in [3.63, 3.8) is 0 Å². The van der Waals surface area contributed by atoms with Gasteiger partial charge in [0, 0.05) is 17.8 Å². The summed E-state index contributed by atoms with van der Waals surface area (Å²) in [6, 6.07) is 10.1. The molecule has 0 spiro atoms. The molecule has 1 saturated carbocycles. The fourth-order valence-electron chi connectivity index (χ4n) is 3.01. The number of anilines is 1. The Kier molecular flexibility index (Phi) is 4.51. The predicted octanol–water partition coefficient (Wildman–Crippen LogP) is 3.93. The van der Waals surface area contributed by atoms with Gasteiger partial charge in [0.25, 0.3) is 0 Å². The van der Waals surface area contributed by atoms with Gasteiger partial charge >= 0.3 is 0 Å². The van der Waals surface area contributed by atoms with Crippen molar-refractivity contribution >= 4 is 5.69 Å². The molecule has 106 valence electrons. The van der Waals surface area contributed by atoms with Gasteiger partial charge in [0.15, 0.2) is 0 Å². The summed E-state index contributed by atoms with van der Waals surface area (Å²) in [5.41, 5.74) is 2.94. The average molecular weight is 260 g/mol. The summed E-state index contributed by atoms with van der Waals surface area (Å²) >= 11 is 0. The second-order valence-electron chi connectivity index (χ2n) is 6.78. The minimum Gasteiger partial charge on any atom is -0.382 e. The Morgan fingerprint density at radius 3 is 2.11 bits per heavy atom. The summed E-state index contributed by atoms with van der Waals surface area (Å²) in [5.74, 6) is 0. The van der Waals surface area contributed by atoms with Crippen molar-refractivity contribution in [1.82, 2.24) is 5.32 Å². The lowest BCUT2D eigenvalue weighted by Crippen LogP contribution is -2.35. The first-order valence-corrected chi connectivity index (χ1v) is 7.54. The topological polar surface area (TPSA) is 24.1 Å². The van der Waals surface area contributed by atoms with E-state index in [0.29, 0.717) is 6.04 Å². The molecule has 0 atom stereocenters. The first-order chi connectivity index (χ1) is 9.00. The van der Waals surface area contributed by atoms with E-state index in [2.05, 4.69) is 62.7 Å². The van der Waals surface area contributed by atoms with Crippen molar-refractivity contribution in [3.05, 3.63) is 29.8 Å². The van der Waals surface area contributed by atoms with Crippen LogP contribution in [0.3, 0.4) is 0 Å². The van der Waals surface area contributed by atoms with E-state index in [-0.39, 0.29) is 5.41 Å². The second-order valence-corrected chi connectivity index (χ2v) is 6.78. The molecule has 0 saturated heterocycles. The molecule has 0 amide bonds. The highest BCUT2D eigenvalue weighted by Crippen LogP contribution is 2.31. The van der Waals surface area contributed by atoms with Gasteiger partial charge in [-0.05, 0) is 49.8 Å². The fourth-order valence-corrected chi connectivity index (χ4v) is 3.01. The number of rotatable bonds is 3. The van der Waals surface area contributed by atoms with E-state index < -0.39 is 0 Å². The van der Waals surface area contributed by atoms with Crippen molar-refractivity contribution < 1.29 is 0 Å². The zero-order chi connectivity index (χ0) is 13.9. The van der Waals surface area contributed by atoms with Gasteiger partial charge in [0.2, 0.25) is 0 Å². The van der Waals surface area contributed by atoms with Crippen LogP contribution in [0.1, 0.15) is 52.0 Å². The van der Waals surface area contributed by atoms with Gasteiger partial charge in [-0.1, -0.05) is 39.0 Å². The van der Waals surface area contributed by atoms with Crippen LogP contribution in [0.2, 0.25) is 0 Å². The van der Waals surface area contributed by atoms with E-state index in [1.165, 1.54) is 36.9 Å². The Bertz CT molecular complexity index is 398. The molecule has 1 aliphatic rings. The Balaban J connectivity index is 2.04. The molecule has 19 heavy (non-hydrogen) atoms. The van der Waals surface area contributed by atoms with Crippen LogP contribution in [-0.4, -0.2) is 19.1 Å². The molecule has 1 fully saturated rings. The van der Waals surface area contributed by atoms with E-state index in [4.69, 9.17) is 0 Å². The van der Waals surface area contributed by atoms with Crippen molar-refractivity contribution in [2.24, 2.45) is 0 Å². The maximum Gasteiger partial charge on any atom is 0.0380 e. The SMILES string of the molecule is CNC1CCC(Nc2ccccc2C(C)(C)C)CC1. The lowest BCUT2D eigenvalue weighted by molar-refractivity contribution is 0.371. The van der Waals surface area contributed by atoms with Crippen molar-refractivity contribution in [2.75, 3.05) is 12.4 Å². The summed E-state index contributed by atoms with van der Waals surface area (Å²) in [6.45, 7) is 6.85. The molecule has 1 aromatic carbocycles. The number of hydrogen-bond acceptors (Lipinski definition) is 2. The highest BCUT2D eigenvalue weighted by Gasteiger charge is 2.22. The molecule has 0 aromatic heterocycles. The number of benzene rings is 1. The first-order valence-electron chi connectivity index (χ1n) is 7.54. The highest BCUT2D eigenvalue weighted by atomic mass is 14.9. The minimum atomic E-state index is 0.200. The van der Waals surface area contributed by atoms with Crippen molar-refractivity contribution in [1.29, 1.82) is 0 Å². The number of nitrogens with one attached hydrogen (secondary N) is 2. The maximum atomic E-state index is 3.77. The van der Waals surface area contributed by atoms with E-state index in [9.17, 15) is 0 Å². The van der Waals surface area contributed by atoms with Crippen LogP contribution < -0.4 is 10.6 Å². The highest BCUT2D eigenvalue weighted by molar-refractivity contribution is 5.54. The number of hydrogen-bond donors (Lipinski definition) is 2. The lowest BCUT2D eigenvalue weighted by atomic mass is 9.85. The van der Waals surface area contributed by atoms with Crippen LogP contribution >= 0.6 is 0 Å². The largest absolute Gasteiger partial charge is 0.382 e. The van der Waals surface area contributed by atoms with Crippen LogP contribution in [0.5, 0.6) is 0 Å². The van der Waals surface area contributed by atoms with Gasteiger partial charge < -0.3 is 10.6 Å². The van der Waals surface area contributed by atoms with E-state index >= 15 is 0 Å². The van der Waals surface area contributed by atoms with Crippen LogP contribution in [0.25, 0.3) is 0 Å². The Hall–Kier alpha value is -1.02. The summed E-state index contributed by atoms with van der Waals surface area (Å²) in [7, 11) is 2.08. The second kappa shape index (κ2) is 5.96. The van der Waals surface area contributed by atoms with Gasteiger partial charge in [-0.15, -0.1) is 0 Å². The molecule has 2 nitrogen and oxygen atoms in total. The molecule has 0 unspecified atom stereocenters. The van der Waals surface area contributed by atoms with Crippen LogP contribution in [0.15, 0.2) is 24.3 Å². The predicted molar refractivity (Wildman–Crippen MR) is 83.9 cm³/mol. The van der Waals surface area contributed by atoms with Crippen LogP contribution in [0.4, 0.5) is 5.69 Å². The van der Waals surface area contributed by atoms with E-state index in [1.54, 1.807) is 0 Å². The monoisotopic (exact) mass is 260 g/mol. The third-order valence-electron chi connectivity index (χ3n) is 4.23. The molecule has 2 rings (SSSR count). The van der Waals surface area contributed by atoms with Gasteiger partial charge in [-0.25, -0.2) is 0 Å². The quantitative estimate of drug-likeness (QED) is 0.860. The third kappa shape index (κ3) is 3.73. The molecule has 1 aromatic rings. The smallest absolute Gasteiger partial charge is 0.0380 e. The summed E-state index contributed by atoms with van der Waals surface area (Å²) in [6.07, 6.45) is 5.10. The zero-order valence-electron chi connectivity index (χ0n) is 12.8. The molecule has 0 heterocycles.